The second-order valence-electron chi connectivity index (χ2n) is 7.83. The number of rotatable bonds is 8. The van der Waals surface area contributed by atoms with Crippen molar-refractivity contribution in [1.82, 2.24) is 20.0 Å². The van der Waals surface area contributed by atoms with E-state index in [4.69, 9.17) is 23.1 Å². The number of nitrogens with one attached hydrogen (secondary N) is 2. The Labute approximate surface area is 195 Å². The quantitative estimate of drug-likeness (QED) is 0.292. The van der Waals surface area contributed by atoms with Crippen LogP contribution in [0.1, 0.15) is 54.4 Å². The Balaban J connectivity index is 0.000000190. The molecule has 0 spiro atoms. The van der Waals surface area contributed by atoms with Crippen LogP contribution in [-0.4, -0.2) is 15.8 Å². The zero-order valence-corrected chi connectivity index (χ0v) is 18.9. The topological polar surface area (TPSA) is 110 Å². The fourth-order valence-electron chi connectivity index (χ4n) is 3.31. The normalized spacial score (nSPS) is 14.4. The molecule has 1 saturated carbocycles. The Bertz CT molecular complexity index is 1140. The minimum absolute atomic E-state index is 0.0220. The highest BCUT2D eigenvalue weighted by atomic mass is 35.5. The molecule has 1 unspecified atom stereocenters. The standard InChI is InChI=1S/C14H18N4.C9H9ClF2N2O/c1-10(15)6-16-7-13-9-18-8-12(11-2-3-11)4-5-14(18)17-13;10-7-2-1-5(9(12)13)6(8(7)11)3-14-4-15/h4-6,8-9,11,16H,2-3,7,15H2,1H3;1-2,4,9H,3,13H2,(H,14,15)/b10-6-;. The summed E-state index contributed by atoms with van der Waals surface area (Å²) in [5.74, 6) is 0.0119. The van der Waals surface area contributed by atoms with Crippen LogP contribution in [0.2, 0.25) is 5.02 Å². The van der Waals surface area contributed by atoms with Crippen LogP contribution in [0.25, 0.3) is 5.65 Å². The van der Waals surface area contributed by atoms with Gasteiger partial charge in [-0.15, -0.1) is 0 Å². The number of fused-ring (bicyclic) bond motifs is 1. The van der Waals surface area contributed by atoms with Gasteiger partial charge in [0.25, 0.3) is 0 Å². The molecule has 0 bridgehead atoms. The van der Waals surface area contributed by atoms with Gasteiger partial charge in [-0.2, -0.15) is 0 Å². The van der Waals surface area contributed by atoms with Gasteiger partial charge in [0, 0.05) is 42.0 Å². The molecule has 1 amide bonds. The van der Waals surface area contributed by atoms with Crippen LogP contribution in [0, 0.1) is 5.82 Å². The van der Waals surface area contributed by atoms with Gasteiger partial charge in [-0.3, -0.25) is 10.5 Å². The molecule has 6 N–H and O–H groups in total. The van der Waals surface area contributed by atoms with Crippen molar-refractivity contribution in [3.05, 3.63) is 81.8 Å². The molecule has 2 aromatic heterocycles. The first kappa shape index (κ1) is 24.5. The van der Waals surface area contributed by atoms with Crippen molar-refractivity contribution in [1.29, 1.82) is 0 Å². The largest absolute Gasteiger partial charge is 0.401 e. The number of imidazole rings is 1. The second kappa shape index (κ2) is 11.1. The predicted octanol–water partition coefficient (Wildman–Crippen LogP) is 3.77. The van der Waals surface area contributed by atoms with Gasteiger partial charge >= 0.3 is 0 Å². The van der Waals surface area contributed by atoms with E-state index in [2.05, 4.69) is 44.5 Å². The molecule has 3 aromatic rings. The maximum atomic E-state index is 13.4. The molecule has 176 valence electrons. The monoisotopic (exact) mass is 476 g/mol. The average molecular weight is 477 g/mol. The Hall–Kier alpha value is -3.17. The van der Waals surface area contributed by atoms with Crippen molar-refractivity contribution in [3.8, 4) is 0 Å². The third kappa shape index (κ3) is 6.66. The fraction of sp³-hybridized carbons (Fsp3) is 0.304. The molecule has 7 nitrogen and oxygen atoms in total. The van der Waals surface area contributed by atoms with Gasteiger partial charge in [-0.1, -0.05) is 23.7 Å². The van der Waals surface area contributed by atoms with E-state index in [0.717, 1.165) is 23.0 Å². The lowest BCUT2D eigenvalue weighted by Crippen LogP contribution is -2.16. The van der Waals surface area contributed by atoms with Crippen LogP contribution in [0.3, 0.4) is 0 Å². The van der Waals surface area contributed by atoms with Crippen molar-refractivity contribution >= 4 is 23.7 Å². The number of carbonyl (C=O) groups excluding carboxylic acids is 1. The van der Waals surface area contributed by atoms with E-state index in [1.54, 1.807) is 6.20 Å². The molecule has 2 heterocycles. The van der Waals surface area contributed by atoms with Crippen LogP contribution < -0.4 is 22.1 Å². The van der Waals surface area contributed by atoms with E-state index in [-0.39, 0.29) is 22.7 Å². The molecule has 33 heavy (non-hydrogen) atoms. The maximum Gasteiger partial charge on any atom is 0.207 e. The molecule has 4 rings (SSSR count). The summed E-state index contributed by atoms with van der Waals surface area (Å²) in [4.78, 5) is 14.6. The smallest absolute Gasteiger partial charge is 0.207 e. The number of pyridine rings is 1. The molecule has 0 saturated heterocycles. The number of alkyl halides is 1. The van der Waals surface area contributed by atoms with E-state index < -0.39 is 12.1 Å². The number of allylic oxidation sites excluding steroid dienone is 1. The number of amides is 1. The van der Waals surface area contributed by atoms with Crippen LogP contribution in [0.15, 0.2) is 48.6 Å². The Morgan fingerprint density at radius 2 is 2.03 bits per heavy atom. The molecular formula is C23H27ClF2N6O. The lowest BCUT2D eigenvalue weighted by molar-refractivity contribution is -0.109. The minimum Gasteiger partial charge on any atom is -0.401 e. The number of benzene rings is 1. The number of nitrogens with zero attached hydrogens (tertiary/aromatic N) is 2. The highest BCUT2D eigenvalue weighted by Gasteiger charge is 2.23. The van der Waals surface area contributed by atoms with Gasteiger partial charge in [0.15, 0.2) is 6.30 Å². The predicted molar refractivity (Wildman–Crippen MR) is 124 cm³/mol. The highest BCUT2D eigenvalue weighted by Crippen LogP contribution is 2.39. The number of hydrogen-bond donors (Lipinski definition) is 4. The molecule has 0 aliphatic heterocycles. The summed E-state index contributed by atoms with van der Waals surface area (Å²) >= 11 is 5.52. The van der Waals surface area contributed by atoms with E-state index in [1.807, 2.05) is 6.92 Å². The molecule has 1 aliphatic carbocycles. The van der Waals surface area contributed by atoms with E-state index in [0.29, 0.717) is 13.0 Å². The number of halogens is 3. The minimum atomic E-state index is -1.81. The van der Waals surface area contributed by atoms with E-state index >= 15 is 0 Å². The Kier molecular flexibility index (Phi) is 8.24. The fourth-order valence-corrected chi connectivity index (χ4v) is 3.49. The van der Waals surface area contributed by atoms with Gasteiger partial charge in [-0.05, 0) is 43.4 Å². The molecule has 1 aliphatic rings. The number of hydrogen-bond acceptors (Lipinski definition) is 5. The number of nitrogens with two attached hydrogens (primary N) is 2. The lowest BCUT2D eigenvalue weighted by Gasteiger charge is -2.11. The van der Waals surface area contributed by atoms with E-state index in [9.17, 15) is 13.6 Å². The third-order valence-corrected chi connectivity index (χ3v) is 5.37. The zero-order valence-electron chi connectivity index (χ0n) is 18.2. The third-order valence-electron chi connectivity index (χ3n) is 5.08. The molecule has 1 fully saturated rings. The first-order valence-electron chi connectivity index (χ1n) is 10.5. The van der Waals surface area contributed by atoms with Crippen LogP contribution >= 0.6 is 11.6 Å². The van der Waals surface area contributed by atoms with Gasteiger partial charge in [0.05, 0.1) is 17.3 Å². The molecule has 0 radical (unpaired) electrons. The lowest BCUT2D eigenvalue weighted by atomic mass is 10.1. The first-order chi connectivity index (χ1) is 15.8. The molecule has 1 aromatic carbocycles. The van der Waals surface area contributed by atoms with Gasteiger partial charge in [0.1, 0.15) is 11.5 Å². The van der Waals surface area contributed by atoms with Crippen LogP contribution in [0.4, 0.5) is 8.78 Å². The summed E-state index contributed by atoms with van der Waals surface area (Å²) in [6.45, 7) is 2.41. The molecular weight excluding hydrogens is 450 g/mol. The van der Waals surface area contributed by atoms with Crippen molar-refractivity contribution in [2.75, 3.05) is 0 Å². The number of carbonyl (C=O) groups is 1. The van der Waals surface area contributed by atoms with Gasteiger partial charge < -0.3 is 20.8 Å². The van der Waals surface area contributed by atoms with Crippen molar-refractivity contribution in [2.24, 2.45) is 11.5 Å². The summed E-state index contributed by atoms with van der Waals surface area (Å²) in [7, 11) is 0. The average Bonchev–Trinajstić information content (AvgIpc) is 3.54. The molecule has 10 heteroatoms. The van der Waals surface area contributed by atoms with Gasteiger partial charge in [-0.25, -0.2) is 13.8 Å². The SMILES string of the molecule is C/C(N)=C/NCc1cn2cc(C3CC3)ccc2n1.NC(F)c1ccc(Cl)c(F)c1CNC=O. The van der Waals surface area contributed by atoms with Crippen LogP contribution in [-0.2, 0) is 17.9 Å². The Morgan fingerprint density at radius 1 is 1.27 bits per heavy atom. The summed E-state index contributed by atoms with van der Waals surface area (Å²) < 4.78 is 28.4. The summed E-state index contributed by atoms with van der Waals surface area (Å²) in [5.41, 5.74) is 14.8. The summed E-state index contributed by atoms with van der Waals surface area (Å²) in [5, 5.41) is 5.24. The summed E-state index contributed by atoms with van der Waals surface area (Å²) in [6.07, 6.45) is 7.32. The zero-order chi connectivity index (χ0) is 24.0. The second-order valence-corrected chi connectivity index (χ2v) is 8.24. The van der Waals surface area contributed by atoms with Crippen molar-refractivity contribution < 1.29 is 13.6 Å². The van der Waals surface area contributed by atoms with E-state index in [1.165, 1.54) is 30.5 Å². The van der Waals surface area contributed by atoms with Crippen molar-refractivity contribution in [2.45, 2.75) is 45.1 Å². The first-order valence-corrected chi connectivity index (χ1v) is 10.8. The molecule has 1 atom stereocenters. The van der Waals surface area contributed by atoms with Crippen molar-refractivity contribution in [3.63, 3.8) is 0 Å². The van der Waals surface area contributed by atoms with Gasteiger partial charge in [0.2, 0.25) is 6.41 Å². The summed E-state index contributed by atoms with van der Waals surface area (Å²) in [6, 6.07) is 6.80. The Morgan fingerprint density at radius 3 is 2.67 bits per heavy atom. The maximum absolute atomic E-state index is 13.4. The highest BCUT2D eigenvalue weighted by molar-refractivity contribution is 6.30. The number of aromatic nitrogens is 2. The van der Waals surface area contributed by atoms with Crippen LogP contribution in [0.5, 0.6) is 0 Å².